The van der Waals surface area contributed by atoms with E-state index >= 15 is 0 Å². The highest BCUT2D eigenvalue weighted by Gasteiger charge is 2.35. The lowest BCUT2D eigenvalue weighted by molar-refractivity contribution is -0.117. The van der Waals surface area contributed by atoms with E-state index in [1.54, 1.807) is 30.3 Å². The van der Waals surface area contributed by atoms with Crippen LogP contribution in [0.15, 0.2) is 53.4 Å². The van der Waals surface area contributed by atoms with Gasteiger partial charge in [0.1, 0.15) is 0 Å². The van der Waals surface area contributed by atoms with Gasteiger partial charge in [0.05, 0.1) is 40.4 Å². The summed E-state index contributed by atoms with van der Waals surface area (Å²) in [6, 6.07) is 13.2. The van der Waals surface area contributed by atoms with E-state index < -0.39 is 25.9 Å². The van der Waals surface area contributed by atoms with E-state index in [-0.39, 0.29) is 28.9 Å². The van der Waals surface area contributed by atoms with Gasteiger partial charge in [0.2, 0.25) is 15.9 Å². The van der Waals surface area contributed by atoms with Gasteiger partial charge >= 0.3 is 0 Å². The number of carbonyl (C=O) groups excluding carboxylic acids is 1. The molecule has 1 amide bonds. The van der Waals surface area contributed by atoms with Gasteiger partial charge in [-0.25, -0.2) is 21.1 Å². The first-order valence-electron chi connectivity index (χ1n) is 10.7. The zero-order valence-corrected chi connectivity index (χ0v) is 20.6. The Balaban J connectivity index is 1.88. The van der Waals surface area contributed by atoms with Crippen LogP contribution in [0.5, 0.6) is 0 Å². The van der Waals surface area contributed by atoms with E-state index in [1.807, 2.05) is 13.0 Å². The first kappa shape index (κ1) is 25.0. The zero-order valence-electron chi connectivity index (χ0n) is 19.0. The fourth-order valence-electron chi connectivity index (χ4n) is 3.77. The van der Waals surface area contributed by atoms with Crippen molar-refractivity contribution in [1.82, 2.24) is 4.31 Å². The van der Waals surface area contributed by atoms with Gasteiger partial charge in [0.25, 0.3) is 0 Å². The lowest BCUT2D eigenvalue weighted by Crippen LogP contribution is -2.44. The molecule has 0 spiro atoms. The van der Waals surface area contributed by atoms with E-state index in [1.165, 1.54) is 31.1 Å². The molecule has 0 aromatic heterocycles. The third kappa shape index (κ3) is 5.84. The Labute approximate surface area is 195 Å². The van der Waals surface area contributed by atoms with Crippen LogP contribution in [-0.2, 0) is 24.7 Å². The molecule has 0 bridgehead atoms. The van der Waals surface area contributed by atoms with Gasteiger partial charge in [0, 0.05) is 26.3 Å². The summed E-state index contributed by atoms with van der Waals surface area (Å²) in [7, 11) is -3.93. The predicted molar refractivity (Wildman–Crippen MR) is 131 cm³/mol. The SMILES string of the molecule is CCNc1ccc(S(=O)(=O)N(C)C)cc1NCC(=O)N(c1ccccc1)[C@@H]1CCS(=O)(=O)C1. The second kappa shape index (κ2) is 10.1. The number of sulfonamides is 1. The molecule has 2 aromatic carbocycles. The molecule has 33 heavy (non-hydrogen) atoms. The standard InChI is InChI=1S/C22H30N4O5S2/c1-4-23-20-11-10-19(33(30,31)25(2)3)14-21(20)24-15-22(27)26(17-8-6-5-7-9-17)18-12-13-32(28,29)16-18/h5-11,14,18,23-24H,4,12-13,15-16H2,1-3H3/t18-/m1/s1. The number of sulfone groups is 1. The topological polar surface area (TPSA) is 116 Å². The van der Waals surface area contributed by atoms with E-state index in [0.717, 1.165) is 4.31 Å². The predicted octanol–water partition coefficient (Wildman–Crippen LogP) is 2.00. The number of benzene rings is 2. The summed E-state index contributed by atoms with van der Waals surface area (Å²) in [6.45, 7) is 2.39. The van der Waals surface area contributed by atoms with Crippen LogP contribution in [0.3, 0.4) is 0 Å². The highest BCUT2D eigenvalue weighted by molar-refractivity contribution is 7.91. The Morgan fingerprint density at radius 3 is 2.33 bits per heavy atom. The molecule has 3 rings (SSSR count). The maximum atomic E-state index is 13.3. The lowest BCUT2D eigenvalue weighted by atomic mass is 10.1. The van der Waals surface area contributed by atoms with E-state index in [9.17, 15) is 21.6 Å². The Bertz CT molecular complexity index is 1200. The number of nitrogens with one attached hydrogen (secondary N) is 2. The molecular weight excluding hydrogens is 464 g/mol. The van der Waals surface area contributed by atoms with E-state index in [0.29, 0.717) is 30.0 Å². The van der Waals surface area contributed by atoms with Crippen molar-refractivity contribution in [3.05, 3.63) is 48.5 Å². The van der Waals surface area contributed by atoms with Crippen molar-refractivity contribution < 1.29 is 21.6 Å². The summed E-state index contributed by atoms with van der Waals surface area (Å²) >= 11 is 0. The molecular formula is C22H30N4O5S2. The number of hydrogen-bond acceptors (Lipinski definition) is 7. The van der Waals surface area contributed by atoms with Gasteiger partial charge in [-0.2, -0.15) is 0 Å². The van der Waals surface area contributed by atoms with Crippen LogP contribution in [-0.4, -0.2) is 71.8 Å². The summed E-state index contributed by atoms with van der Waals surface area (Å²) in [6.07, 6.45) is 0.377. The fourth-order valence-corrected chi connectivity index (χ4v) is 6.40. The summed E-state index contributed by atoms with van der Waals surface area (Å²) in [5, 5.41) is 6.22. The summed E-state index contributed by atoms with van der Waals surface area (Å²) < 4.78 is 50.4. The summed E-state index contributed by atoms with van der Waals surface area (Å²) in [4.78, 5) is 14.9. The van der Waals surface area contributed by atoms with E-state index in [2.05, 4.69) is 10.6 Å². The van der Waals surface area contributed by atoms with Crippen LogP contribution in [0.25, 0.3) is 0 Å². The molecule has 11 heteroatoms. The van der Waals surface area contributed by atoms with Crippen LogP contribution < -0.4 is 15.5 Å². The average Bonchev–Trinajstić information content (AvgIpc) is 3.13. The van der Waals surface area contributed by atoms with Gasteiger partial charge in [-0.1, -0.05) is 18.2 Å². The maximum Gasteiger partial charge on any atom is 0.246 e. The molecule has 9 nitrogen and oxygen atoms in total. The quantitative estimate of drug-likeness (QED) is 0.548. The highest BCUT2D eigenvalue weighted by Crippen LogP contribution is 2.28. The Hall–Kier alpha value is -2.63. The number of nitrogens with zero attached hydrogens (tertiary/aromatic N) is 2. The second-order valence-corrected chi connectivity index (χ2v) is 12.4. The van der Waals surface area contributed by atoms with Crippen LogP contribution in [0.1, 0.15) is 13.3 Å². The third-order valence-corrected chi connectivity index (χ3v) is 9.00. The van der Waals surface area contributed by atoms with Gasteiger partial charge in [-0.3, -0.25) is 4.79 Å². The minimum atomic E-state index is -3.65. The molecule has 1 aliphatic heterocycles. The van der Waals surface area contributed by atoms with Gasteiger partial charge in [-0.15, -0.1) is 0 Å². The Kier molecular flexibility index (Phi) is 7.65. The Morgan fingerprint density at radius 1 is 1.06 bits per heavy atom. The summed E-state index contributed by atoms with van der Waals surface area (Å²) in [5.41, 5.74) is 1.76. The minimum Gasteiger partial charge on any atom is -0.384 e. The first-order valence-corrected chi connectivity index (χ1v) is 13.9. The minimum absolute atomic E-state index is 0.0523. The third-order valence-electron chi connectivity index (χ3n) is 5.44. The molecule has 1 aliphatic rings. The van der Waals surface area contributed by atoms with Crippen molar-refractivity contribution in [1.29, 1.82) is 0 Å². The molecule has 2 N–H and O–H groups in total. The molecule has 1 fully saturated rings. The van der Waals surface area contributed by atoms with Crippen molar-refractivity contribution in [3.63, 3.8) is 0 Å². The Morgan fingerprint density at radius 2 is 1.76 bits per heavy atom. The molecule has 0 radical (unpaired) electrons. The number of anilines is 3. The van der Waals surface area contributed by atoms with Crippen molar-refractivity contribution in [3.8, 4) is 0 Å². The first-order chi connectivity index (χ1) is 15.5. The smallest absolute Gasteiger partial charge is 0.246 e. The molecule has 0 unspecified atom stereocenters. The monoisotopic (exact) mass is 494 g/mol. The maximum absolute atomic E-state index is 13.3. The van der Waals surface area contributed by atoms with Crippen molar-refractivity contribution >= 4 is 42.8 Å². The number of amides is 1. The second-order valence-electron chi connectivity index (χ2n) is 8.03. The average molecular weight is 495 g/mol. The normalized spacial score (nSPS) is 17.6. The molecule has 180 valence electrons. The van der Waals surface area contributed by atoms with Crippen molar-refractivity contribution in [2.24, 2.45) is 0 Å². The van der Waals surface area contributed by atoms with Gasteiger partial charge < -0.3 is 15.5 Å². The van der Waals surface area contributed by atoms with E-state index in [4.69, 9.17) is 0 Å². The van der Waals surface area contributed by atoms with Crippen LogP contribution in [0, 0.1) is 0 Å². The summed E-state index contributed by atoms with van der Waals surface area (Å²) in [5.74, 6) is -0.324. The number of para-hydroxylation sites is 1. The molecule has 1 atom stereocenters. The molecule has 1 saturated heterocycles. The lowest BCUT2D eigenvalue weighted by Gasteiger charge is -2.29. The van der Waals surface area contributed by atoms with Crippen LogP contribution in [0.2, 0.25) is 0 Å². The van der Waals surface area contributed by atoms with Crippen LogP contribution in [0.4, 0.5) is 17.1 Å². The largest absolute Gasteiger partial charge is 0.384 e. The molecule has 1 heterocycles. The molecule has 0 saturated carbocycles. The number of rotatable bonds is 9. The van der Waals surface area contributed by atoms with Crippen molar-refractivity contribution in [2.45, 2.75) is 24.3 Å². The zero-order chi connectivity index (χ0) is 24.2. The fraction of sp³-hybridized carbons (Fsp3) is 0.409. The molecule has 2 aromatic rings. The van der Waals surface area contributed by atoms with Crippen LogP contribution >= 0.6 is 0 Å². The van der Waals surface area contributed by atoms with Gasteiger partial charge in [0.15, 0.2) is 9.84 Å². The highest BCUT2D eigenvalue weighted by atomic mass is 32.2. The molecule has 0 aliphatic carbocycles. The number of hydrogen-bond donors (Lipinski definition) is 2. The number of carbonyl (C=O) groups is 1. The van der Waals surface area contributed by atoms with Gasteiger partial charge in [-0.05, 0) is 43.7 Å². The van der Waals surface area contributed by atoms with Crippen molar-refractivity contribution in [2.75, 3.05) is 54.2 Å².